The molecule has 2 saturated heterocycles. The molecule has 5 rings (SSSR count). The van der Waals surface area contributed by atoms with E-state index >= 15 is 0 Å². The molecule has 2 aliphatic heterocycles. The molecule has 1 atom stereocenters. The van der Waals surface area contributed by atoms with Gasteiger partial charge in [0.25, 0.3) is 0 Å². The van der Waals surface area contributed by atoms with Crippen molar-refractivity contribution >= 4 is 44.2 Å². The minimum atomic E-state index is -1.27. The zero-order valence-electron chi connectivity index (χ0n) is 20.2. The van der Waals surface area contributed by atoms with Crippen molar-refractivity contribution < 1.29 is 18.4 Å². The minimum Gasteiger partial charge on any atom is -0.480 e. The third-order valence-corrected chi connectivity index (χ3v) is 7.82. The van der Waals surface area contributed by atoms with Crippen LogP contribution in [0.4, 0.5) is 11.6 Å². The molecule has 35 heavy (non-hydrogen) atoms. The predicted octanol–water partition coefficient (Wildman–Crippen LogP) is 2.44. The van der Waals surface area contributed by atoms with Gasteiger partial charge < -0.3 is 23.8 Å². The lowest BCUT2D eigenvalue weighted by molar-refractivity contribution is 0.0343. The van der Waals surface area contributed by atoms with Crippen molar-refractivity contribution in [1.29, 1.82) is 0 Å². The molecule has 0 saturated carbocycles. The maximum absolute atomic E-state index is 11.9. The summed E-state index contributed by atoms with van der Waals surface area (Å²) in [6.45, 7) is 9.12. The number of morpholine rings is 2. The topological polar surface area (TPSA) is 102 Å². The first-order valence-corrected chi connectivity index (χ1v) is 14.0. The second kappa shape index (κ2) is 10.7. The van der Waals surface area contributed by atoms with E-state index in [4.69, 9.17) is 24.2 Å². The van der Waals surface area contributed by atoms with Crippen LogP contribution in [0.25, 0.3) is 21.5 Å². The standard InChI is InChI=1S/C23H30N6O4S2/c1-15-17(14-28-4-8-32-9-5-28)20-21(34-15)19(25-23(26-20)29-6-10-33-11-7-29)16-12-18(27-35(3)30)22(31-2)24-13-16/h12-13,27H,4-11,14H2,1-3H3. The number of aryl methyl sites for hydroxylation is 1. The van der Waals surface area contributed by atoms with Crippen LogP contribution in [0.5, 0.6) is 5.88 Å². The fourth-order valence-electron chi connectivity index (χ4n) is 4.36. The third kappa shape index (κ3) is 5.26. The molecule has 0 aliphatic carbocycles. The second-order valence-electron chi connectivity index (χ2n) is 8.51. The van der Waals surface area contributed by atoms with Gasteiger partial charge in [0, 0.05) is 61.2 Å². The van der Waals surface area contributed by atoms with Crippen molar-refractivity contribution in [3.05, 3.63) is 22.7 Å². The van der Waals surface area contributed by atoms with Crippen LogP contribution in [0, 0.1) is 6.92 Å². The maximum Gasteiger partial charge on any atom is 0.238 e. The first-order chi connectivity index (χ1) is 17.0. The number of methoxy groups -OCH3 is 1. The maximum atomic E-state index is 11.9. The van der Waals surface area contributed by atoms with Crippen LogP contribution in [0.3, 0.4) is 0 Å². The average molecular weight is 519 g/mol. The van der Waals surface area contributed by atoms with E-state index < -0.39 is 11.0 Å². The Morgan fingerprint density at radius 2 is 1.86 bits per heavy atom. The summed E-state index contributed by atoms with van der Waals surface area (Å²) in [5, 5.41) is 0. The molecule has 5 heterocycles. The van der Waals surface area contributed by atoms with Crippen molar-refractivity contribution in [2.45, 2.75) is 13.5 Å². The average Bonchev–Trinajstić information content (AvgIpc) is 3.19. The first kappa shape index (κ1) is 24.3. The van der Waals surface area contributed by atoms with Gasteiger partial charge in [-0.15, -0.1) is 11.3 Å². The molecule has 3 aromatic rings. The van der Waals surface area contributed by atoms with E-state index in [2.05, 4.69) is 26.4 Å². The van der Waals surface area contributed by atoms with Gasteiger partial charge in [-0.3, -0.25) is 4.90 Å². The number of aromatic nitrogens is 3. The molecule has 10 nitrogen and oxygen atoms in total. The highest BCUT2D eigenvalue weighted by atomic mass is 32.2. The van der Waals surface area contributed by atoms with E-state index in [1.807, 2.05) is 6.07 Å². The summed E-state index contributed by atoms with van der Waals surface area (Å²) in [7, 11) is 0.277. The highest BCUT2D eigenvalue weighted by Gasteiger charge is 2.24. The van der Waals surface area contributed by atoms with Crippen LogP contribution in [-0.2, 0) is 27.0 Å². The van der Waals surface area contributed by atoms with Crippen LogP contribution in [0.1, 0.15) is 10.4 Å². The number of rotatable bonds is 7. The summed E-state index contributed by atoms with van der Waals surface area (Å²) in [5.74, 6) is 1.08. The van der Waals surface area contributed by atoms with Crippen molar-refractivity contribution in [2.75, 3.05) is 75.6 Å². The van der Waals surface area contributed by atoms with Crippen LogP contribution < -0.4 is 14.4 Å². The summed E-state index contributed by atoms with van der Waals surface area (Å²) in [5.41, 5.74) is 4.42. The quantitative estimate of drug-likeness (QED) is 0.505. The van der Waals surface area contributed by atoms with Gasteiger partial charge in [0.1, 0.15) is 16.7 Å². The lowest BCUT2D eigenvalue weighted by Gasteiger charge is -2.28. The Labute approximate surface area is 211 Å². The summed E-state index contributed by atoms with van der Waals surface area (Å²) in [6, 6.07) is 1.90. The number of nitrogens with zero attached hydrogens (tertiary/aromatic N) is 5. The van der Waals surface area contributed by atoms with Gasteiger partial charge in [-0.05, 0) is 13.0 Å². The van der Waals surface area contributed by atoms with Crippen molar-refractivity contribution in [2.24, 2.45) is 0 Å². The number of nitrogens with one attached hydrogen (secondary N) is 1. The van der Waals surface area contributed by atoms with E-state index in [0.29, 0.717) is 30.7 Å². The largest absolute Gasteiger partial charge is 0.480 e. The Hall–Kier alpha value is -2.38. The molecule has 1 N–H and O–H groups in total. The van der Waals surface area contributed by atoms with Crippen molar-refractivity contribution in [1.82, 2.24) is 19.9 Å². The number of ether oxygens (including phenoxy) is 3. The summed E-state index contributed by atoms with van der Waals surface area (Å²) in [4.78, 5) is 20.4. The van der Waals surface area contributed by atoms with Gasteiger partial charge in [-0.2, -0.15) is 0 Å². The van der Waals surface area contributed by atoms with E-state index in [0.717, 1.165) is 67.4 Å². The molecule has 2 aliphatic rings. The Bertz CT molecular complexity index is 1220. The van der Waals surface area contributed by atoms with Gasteiger partial charge in [0.2, 0.25) is 11.8 Å². The number of anilines is 2. The van der Waals surface area contributed by atoms with Gasteiger partial charge in [0.15, 0.2) is 0 Å². The summed E-state index contributed by atoms with van der Waals surface area (Å²) < 4.78 is 32.3. The molecule has 12 heteroatoms. The van der Waals surface area contributed by atoms with Gasteiger partial charge in [-0.1, -0.05) is 0 Å². The lowest BCUT2D eigenvalue weighted by atomic mass is 10.1. The summed E-state index contributed by atoms with van der Waals surface area (Å²) >= 11 is 1.71. The van der Waals surface area contributed by atoms with Gasteiger partial charge in [-0.25, -0.2) is 19.2 Å². The molecule has 3 aromatic heterocycles. The molecular formula is C23H30N6O4S2. The molecule has 0 amide bonds. The van der Waals surface area contributed by atoms with Crippen LogP contribution in [0.15, 0.2) is 12.3 Å². The minimum absolute atomic E-state index is 0.387. The van der Waals surface area contributed by atoms with Crippen LogP contribution in [0.2, 0.25) is 0 Å². The lowest BCUT2D eigenvalue weighted by Crippen LogP contribution is -2.37. The van der Waals surface area contributed by atoms with E-state index in [-0.39, 0.29) is 0 Å². The Kier molecular flexibility index (Phi) is 7.44. The molecule has 0 radical (unpaired) electrons. The van der Waals surface area contributed by atoms with E-state index in [1.54, 1.807) is 30.9 Å². The Morgan fingerprint density at radius 3 is 2.54 bits per heavy atom. The highest BCUT2D eigenvalue weighted by molar-refractivity contribution is 7.85. The van der Waals surface area contributed by atoms with Crippen LogP contribution >= 0.6 is 11.3 Å². The number of thiophene rings is 1. The molecular weight excluding hydrogens is 488 g/mol. The predicted molar refractivity (Wildman–Crippen MR) is 139 cm³/mol. The zero-order chi connectivity index (χ0) is 24.4. The second-order valence-corrected chi connectivity index (χ2v) is 10.8. The number of fused-ring (bicyclic) bond motifs is 1. The van der Waals surface area contributed by atoms with E-state index in [9.17, 15) is 4.21 Å². The third-order valence-electron chi connectivity index (χ3n) is 6.17. The SMILES string of the molecule is COc1ncc(-c2nc(N3CCOCC3)nc3c(CN4CCOCC4)c(C)sc23)cc1NS(C)=O. The molecule has 0 spiro atoms. The smallest absolute Gasteiger partial charge is 0.238 e. The van der Waals surface area contributed by atoms with Gasteiger partial charge >= 0.3 is 0 Å². The fourth-order valence-corrected chi connectivity index (χ4v) is 5.94. The number of hydrogen-bond acceptors (Lipinski definition) is 10. The first-order valence-electron chi connectivity index (χ1n) is 11.6. The zero-order valence-corrected chi connectivity index (χ0v) is 21.8. The molecule has 188 valence electrons. The highest BCUT2D eigenvalue weighted by Crippen LogP contribution is 2.39. The molecule has 0 aromatic carbocycles. The summed E-state index contributed by atoms with van der Waals surface area (Å²) in [6.07, 6.45) is 3.33. The van der Waals surface area contributed by atoms with Crippen molar-refractivity contribution in [3.63, 3.8) is 0 Å². The Morgan fingerprint density at radius 1 is 1.14 bits per heavy atom. The van der Waals surface area contributed by atoms with Crippen LogP contribution in [-0.4, -0.2) is 90.0 Å². The normalized spacial score (nSPS) is 18.1. The fraction of sp³-hybridized carbons (Fsp3) is 0.522. The number of hydrogen-bond donors (Lipinski definition) is 1. The van der Waals surface area contributed by atoms with Crippen molar-refractivity contribution in [3.8, 4) is 17.1 Å². The monoisotopic (exact) mass is 518 g/mol. The van der Waals surface area contributed by atoms with E-state index in [1.165, 1.54) is 10.4 Å². The molecule has 0 bridgehead atoms. The van der Waals surface area contributed by atoms with Gasteiger partial charge in [0.05, 0.1) is 49.4 Å². The number of pyridine rings is 1. The Balaban J connectivity index is 1.64. The molecule has 1 unspecified atom stereocenters. The molecule has 2 fully saturated rings.